The van der Waals surface area contributed by atoms with E-state index >= 15 is 0 Å². The number of hydrogen-bond acceptors (Lipinski definition) is 3. The van der Waals surface area contributed by atoms with Gasteiger partial charge in [0.2, 0.25) is 0 Å². The van der Waals surface area contributed by atoms with Gasteiger partial charge in [0.25, 0.3) is 0 Å². The van der Waals surface area contributed by atoms with Crippen molar-refractivity contribution in [3.63, 3.8) is 0 Å². The molecule has 0 amide bonds. The summed E-state index contributed by atoms with van der Waals surface area (Å²) in [5.74, 6) is 1.42. The summed E-state index contributed by atoms with van der Waals surface area (Å²) in [7, 11) is 1.72. The number of methoxy groups -OCH3 is 1. The van der Waals surface area contributed by atoms with Gasteiger partial charge in [0.05, 0.1) is 13.2 Å². The van der Waals surface area contributed by atoms with Gasteiger partial charge in [-0.2, -0.15) is 0 Å². The van der Waals surface area contributed by atoms with Crippen molar-refractivity contribution >= 4 is 15.9 Å². The van der Waals surface area contributed by atoms with Gasteiger partial charge >= 0.3 is 0 Å². The molecule has 0 bridgehead atoms. The molecule has 2 atom stereocenters. The maximum absolute atomic E-state index is 6.03. The highest BCUT2D eigenvalue weighted by Gasteiger charge is 2.29. The fourth-order valence-electron chi connectivity index (χ4n) is 2.65. The monoisotopic (exact) mass is 327 g/mol. The Hall–Kier alpha value is -0.580. The first-order valence-corrected chi connectivity index (χ1v) is 7.71. The Bertz CT molecular complexity index is 411. The second-order valence-electron chi connectivity index (χ2n) is 4.89. The van der Waals surface area contributed by atoms with Gasteiger partial charge in [-0.3, -0.25) is 0 Å². The van der Waals surface area contributed by atoms with Gasteiger partial charge in [0.1, 0.15) is 5.75 Å². The molecule has 0 aromatic heterocycles. The summed E-state index contributed by atoms with van der Waals surface area (Å²) >= 11 is 3.54. The summed E-state index contributed by atoms with van der Waals surface area (Å²) in [4.78, 5) is 0. The van der Waals surface area contributed by atoms with Crippen LogP contribution in [0.1, 0.15) is 31.4 Å². The van der Waals surface area contributed by atoms with Crippen molar-refractivity contribution in [1.29, 1.82) is 0 Å². The average Bonchev–Trinajstić information content (AvgIpc) is 2.45. The number of benzene rings is 1. The van der Waals surface area contributed by atoms with E-state index in [1.54, 1.807) is 7.11 Å². The van der Waals surface area contributed by atoms with E-state index in [1.807, 2.05) is 12.1 Å². The Labute approximate surface area is 123 Å². The van der Waals surface area contributed by atoms with E-state index in [4.69, 9.17) is 9.47 Å². The first kappa shape index (κ1) is 14.8. The highest BCUT2D eigenvalue weighted by atomic mass is 79.9. The molecule has 1 heterocycles. The van der Waals surface area contributed by atoms with Crippen molar-refractivity contribution in [2.45, 2.75) is 25.9 Å². The van der Waals surface area contributed by atoms with E-state index in [-0.39, 0.29) is 6.10 Å². The van der Waals surface area contributed by atoms with E-state index in [1.165, 1.54) is 6.42 Å². The molecule has 0 spiro atoms. The summed E-state index contributed by atoms with van der Waals surface area (Å²) in [5.41, 5.74) is 1.15. The molecule has 19 heavy (non-hydrogen) atoms. The summed E-state index contributed by atoms with van der Waals surface area (Å²) in [5, 5.41) is 3.44. The lowest BCUT2D eigenvalue weighted by atomic mass is 9.89. The van der Waals surface area contributed by atoms with Crippen LogP contribution in [0.25, 0.3) is 0 Å². The predicted octanol–water partition coefficient (Wildman–Crippen LogP) is 3.53. The third-order valence-electron chi connectivity index (χ3n) is 3.60. The van der Waals surface area contributed by atoms with Gasteiger partial charge < -0.3 is 14.8 Å². The fourth-order valence-corrected chi connectivity index (χ4v) is 3.03. The maximum Gasteiger partial charge on any atom is 0.124 e. The van der Waals surface area contributed by atoms with E-state index < -0.39 is 0 Å². The van der Waals surface area contributed by atoms with Crippen LogP contribution in [0, 0.1) is 5.92 Å². The van der Waals surface area contributed by atoms with Crippen molar-refractivity contribution in [3.05, 3.63) is 28.2 Å². The van der Waals surface area contributed by atoms with E-state index in [0.29, 0.717) is 5.92 Å². The third-order valence-corrected chi connectivity index (χ3v) is 4.09. The Morgan fingerprint density at radius 2 is 2.32 bits per heavy atom. The van der Waals surface area contributed by atoms with Crippen molar-refractivity contribution in [2.24, 2.45) is 5.92 Å². The minimum atomic E-state index is 0.125. The van der Waals surface area contributed by atoms with Crippen LogP contribution in [-0.2, 0) is 4.74 Å². The highest BCUT2D eigenvalue weighted by molar-refractivity contribution is 9.10. The molecule has 1 fully saturated rings. The topological polar surface area (TPSA) is 30.5 Å². The second kappa shape index (κ2) is 7.27. The quantitative estimate of drug-likeness (QED) is 0.897. The largest absolute Gasteiger partial charge is 0.496 e. The zero-order valence-corrected chi connectivity index (χ0v) is 13.2. The van der Waals surface area contributed by atoms with Gasteiger partial charge in [-0.25, -0.2) is 0 Å². The zero-order chi connectivity index (χ0) is 13.7. The Kier molecular flexibility index (Phi) is 5.67. The SMILES string of the molecule is CCNCC1CCCOC1c1cc(Br)ccc1OC. The number of ether oxygens (including phenoxy) is 2. The highest BCUT2D eigenvalue weighted by Crippen LogP contribution is 2.39. The number of hydrogen-bond donors (Lipinski definition) is 1. The molecule has 1 aliphatic rings. The van der Waals surface area contributed by atoms with Crippen molar-refractivity contribution in [3.8, 4) is 5.75 Å². The summed E-state index contributed by atoms with van der Waals surface area (Å²) in [6.07, 6.45) is 2.47. The summed E-state index contributed by atoms with van der Waals surface area (Å²) < 4.78 is 12.6. The first-order valence-electron chi connectivity index (χ1n) is 6.92. The molecule has 2 rings (SSSR count). The molecule has 1 saturated heterocycles. The molecule has 1 aromatic rings. The van der Waals surface area contributed by atoms with Crippen LogP contribution < -0.4 is 10.1 Å². The zero-order valence-electron chi connectivity index (χ0n) is 11.6. The van der Waals surface area contributed by atoms with Gasteiger partial charge in [-0.05, 0) is 37.6 Å². The van der Waals surface area contributed by atoms with Crippen molar-refractivity contribution in [1.82, 2.24) is 5.32 Å². The molecular formula is C15H22BrNO2. The molecule has 0 radical (unpaired) electrons. The van der Waals surface area contributed by atoms with Crippen LogP contribution in [-0.4, -0.2) is 26.8 Å². The predicted molar refractivity (Wildman–Crippen MR) is 80.7 cm³/mol. The van der Waals surface area contributed by atoms with E-state index in [2.05, 4.69) is 34.2 Å². The minimum absolute atomic E-state index is 0.125. The van der Waals surface area contributed by atoms with E-state index in [0.717, 1.165) is 41.9 Å². The van der Waals surface area contributed by atoms with Crippen LogP contribution in [0.5, 0.6) is 5.75 Å². The van der Waals surface area contributed by atoms with Crippen LogP contribution >= 0.6 is 15.9 Å². The molecule has 0 saturated carbocycles. The average molecular weight is 328 g/mol. The molecule has 4 heteroatoms. The van der Waals surface area contributed by atoms with Crippen LogP contribution in [0.3, 0.4) is 0 Å². The van der Waals surface area contributed by atoms with Crippen LogP contribution in [0.4, 0.5) is 0 Å². The standard InChI is InChI=1S/C15H22BrNO2/c1-3-17-10-11-5-4-8-19-15(11)13-9-12(16)6-7-14(13)18-2/h6-7,9,11,15,17H,3-5,8,10H2,1-2H3. The first-order chi connectivity index (χ1) is 9.26. The Balaban J connectivity index is 2.23. The van der Waals surface area contributed by atoms with E-state index in [9.17, 15) is 0 Å². The number of halogens is 1. The maximum atomic E-state index is 6.03. The van der Waals surface area contributed by atoms with Crippen molar-refractivity contribution < 1.29 is 9.47 Å². The van der Waals surface area contributed by atoms with Gasteiger partial charge in [0.15, 0.2) is 0 Å². The Morgan fingerprint density at radius 3 is 3.05 bits per heavy atom. The summed E-state index contributed by atoms with van der Waals surface area (Å²) in [6, 6.07) is 6.12. The molecule has 106 valence electrons. The molecule has 1 aliphatic heterocycles. The lowest BCUT2D eigenvalue weighted by molar-refractivity contribution is -0.0287. The molecular weight excluding hydrogens is 306 g/mol. The molecule has 3 nitrogen and oxygen atoms in total. The third kappa shape index (κ3) is 3.71. The lowest BCUT2D eigenvalue weighted by Gasteiger charge is -2.33. The molecule has 0 aliphatic carbocycles. The Morgan fingerprint density at radius 1 is 1.47 bits per heavy atom. The smallest absolute Gasteiger partial charge is 0.124 e. The number of rotatable bonds is 5. The molecule has 2 unspecified atom stereocenters. The van der Waals surface area contributed by atoms with Crippen molar-refractivity contribution in [2.75, 3.05) is 26.8 Å². The fraction of sp³-hybridized carbons (Fsp3) is 0.600. The minimum Gasteiger partial charge on any atom is -0.496 e. The van der Waals surface area contributed by atoms with Gasteiger partial charge in [-0.1, -0.05) is 22.9 Å². The van der Waals surface area contributed by atoms with Crippen LogP contribution in [0.15, 0.2) is 22.7 Å². The van der Waals surface area contributed by atoms with Crippen LogP contribution in [0.2, 0.25) is 0 Å². The second-order valence-corrected chi connectivity index (χ2v) is 5.80. The normalized spacial score (nSPS) is 23.3. The lowest BCUT2D eigenvalue weighted by Crippen LogP contribution is -2.32. The van der Waals surface area contributed by atoms with Gasteiger partial charge in [0, 0.05) is 29.1 Å². The molecule has 1 aromatic carbocycles. The van der Waals surface area contributed by atoms with Gasteiger partial charge in [-0.15, -0.1) is 0 Å². The number of nitrogens with one attached hydrogen (secondary N) is 1. The summed E-state index contributed by atoms with van der Waals surface area (Å²) in [6.45, 7) is 4.97. The molecule has 1 N–H and O–H groups in total.